The number of nitrogens with one attached hydrogen (secondary N) is 1. The Morgan fingerprint density at radius 3 is 2.52 bits per heavy atom. The van der Waals surface area contributed by atoms with Gasteiger partial charge in [-0.05, 0) is 18.7 Å². The van der Waals surface area contributed by atoms with E-state index in [1.165, 1.54) is 19.2 Å². The number of rotatable bonds is 8. The molecule has 21 heavy (non-hydrogen) atoms. The summed E-state index contributed by atoms with van der Waals surface area (Å²) in [4.78, 5) is 24.8. The smallest absolute Gasteiger partial charge is 0.306 e. The van der Waals surface area contributed by atoms with E-state index in [4.69, 9.17) is 0 Å². The molecule has 0 unspecified atom stereocenters. The Morgan fingerprint density at radius 1 is 1.24 bits per heavy atom. The monoisotopic (exact) mass is 296 g/mol. The van der Waals surface area contributed by atoms with Crippen LogP contribution in [0.4, 0.5) is 10.1 Å². The van der Waals surface area contributed by atoms with Crippen LogP contribution in [-0.4, -0.2) is 43.5 Å². The summed E-state index contributed by atoms with van der Waals surface area (Å²) in [5.41, 5.74) is 0.181. The second kappa shape index (κ2) is 9.07. The van der Waals surface area contributed by atoms with Crippen LogP contribution in [0.1, 0.15) is 19.8 Å². The summed E-state index contributed by atoms with van der Waals surface area (Å²) in [6.45, 7) is 3.72. The van der Waals surface area contributed by atoms with Gasteiger partial charge in [0.25, 0.3) is 0 Å². The van der Waals surface area contributed by atoms with Crippen LogP contribution in [0.15, 0.2) is 24.3 Å². The lowest BCUT2D eigenvalue weighted by Crippen LogP contribution is -2.30. The van der Waals surface area contributed by atoms with Gasteiger partial charge in [0.1, 0.15) is 5.82 Å². The highest BCUT2D eigenvalue weighted by atomic mass is 19.1. The number of hydrogen-bond donors (Lipinski definition) is 1. The van der Waals surface area contributed by atoms with Gasteiger partial charge in [-0.1, -0.05) is 19.1 Å². The Hall–Kier alpha value is -1.95. The molecule has 0 aliphatic heterocycles. The number of ether oxygens (including phenoxy) is 1. The second-order valence-electron chi connectivity index (χ2n) is 4.54. The Balaban J connectivity index is 2.37. The van der Waals surface area contributed by atoms with E-state index >= 15 is 0 Å². The number of hydrogen-bond acceptors (Lipinski definition) is 4. The topological polar surface area (TPSA) is 58.6 Å². The van der Waals surface area contributed by atoms with Gasteiger partial charge < -0.3 is 15.0 Å². The number of carbonyl (C=O) groups excluding carboxylic acids is 2. The Bertz CT molecular complexity index is 480. The predicted molar refractivity (Wildman–Crippen MR) is 78.4 cm³/mol. The summed E-state index contributed by atoms with van der Waals surface area (Å²) in [6, 6.07) is 6.04. The summed E-state index contributed by atoms with van der Waals surface area (Å²) in [5.74, 6) is -0.982. The van der Waals surface area contributed by atoms with Gasteiger partial charge in [0.05, 0.1) is 19.2 Å². The molecular formula is C15H21FN2O3. The molecule has 5 nitrogen and oxygen atoms in total. The van der Waals surface area contributed by atoms with Gasteiger partial charge in [-0.25, -0.2) is 4.39 Å². The van der Waals surface area contributed by atoms with Crippen molar-refractivity contribution < 1.29 is 18.7 Å². The lowest BCUT2D eigenvalue weighted by atomic mass is 10.2. The molecule has 1 N–H and O–H groups in total. The first kappa shape index (κ1) is 17.1. The molecule has 1 aromatic carbocycles. The van der Waals surface area contributed by atoms with Gasteiger partial charge in [-0.3, -0.25) is 9.59 Å². The van der Waals surface area contributed by atoms with E-state index in [0.29, 0.717) is 19.5 Å². The second-order valence-corrected chi connectivity index (χ2v) is 4.54. The molecule has 0 aromatic heterocycles. The van der Waals surface area contributed by atoms with Crippen molar-refractivity contribution in [3.05, 3.63) is 30.1 Å². The van der Waals surface area contributed by atoms with Crippen LogP contribution in [0.5, 0.6) is 0 Å². The highest BCUT2D eigenvalue weighted by Gasteiger charge is 2.10. The fraction of sp³-hybridized carbons (Fsp3) is 0.467. The number of amides is 1. The van der Waals surface area contributed by atoms with E-state index in [9.17, 15) is 14.0 Å². The zero-order chi connectivity index (χ0) is 15.7. The first-order valence-electron chi connectivity index (χ1n) is 6.90. The summed E-state index contributed by atoms with van der Waals surface area (Å²) in [6.07, 6.45) is 0.530. The van der Waals surface area contributed by atoms with Crippen LogP contribution in [-0.2, 0) is 14.3 Å². The lowest BCUT2D eigenvalue weighted by molar-refractivity contribution is -0.140. The standard InChI is InChI=1S/C15H21FN2O3/c1-3-18(11-9-15(20)21-2)10-8-14(19)17-13-7-5-4-6-12(13)16/h4-7H,3,8-11H2,1-2H3,(H,17,19). The van der Waals surface area contributed by atoms with Crippen molar-refractivity contribution in [3.63, 3.8) is 0 Å². The average molecular weight is 296 g/mol. The van der Waals surface area contributed by atoms with Crippen molar-refractivity contribution in [1.82, 2.24) is 4.90 Å². The number of nitrogens with zero attached hydrogens (tertiary/aromatic N) is 1. The van der Waals surface area contributed by atoms with Crippen molar-refractivity contribution in [1.29, 1.82) is 0 Å². The zero-order valence-corrected chi connectivity index (χ0v) is 12.4. The van der Waals surface area contributed by atoms with E-state index in [0.717, 1.165) is 6.54 Å². The van der Waals surface area contributed by atoms with Gasteiger partial charge >= 0.3 is 5.97 Å². The lowest BCUT2D eigenvalue weighted by Gasteiger charge is -2.19. The molecular weight excluding hydrogens is 275 g/mol. The summed E-state index contributed by atoms with van der Waals surface area (Å²) in [5, 5.41) is 2.53. The minimum atomic E-state index is -0.455. The third kappa shape index (κ3) is 6.35. The van der Waals surface area contributed by atoms with Gasteiger partial charge in [-0.2, -0.15) is 0 Å². The zero-order valence-electron chi connectivity index (χ0n) is 12.4. The summed E-state index contributed by atoms with van der Waals surface area (Å²) >= 11 is 0. The van der Waals surface area contributed by atoms with Crippen LogP contribution in [0, 0.1) is 5.82 Å². The minimum Gasteiger partial charge on any atom is -0.469 e. The maximum absolute atomic E-state index is 13.4. The number of methoxy groups -OCH3 is 1. The molecule has 0 aliphatic carbocycles. The normalized spacial score (nSPS) is 10.5. The number of esters is 1. The van der Waals surface area contributed by atoms with Crippen molar-refractivity contribution in [2.45, 2.75) is 19.8 Å². The van der Waals surface area contributed by atoms with Crippen LogP contribution < -0.4 is 5.32 Å². The molecule has 0 atom stereocenters. The minimum absolute atomic E-state index is 0.181. The Morgan fingerprint density at radius 2 is 1.90 bits per heavy atom. The van der Waals surface area contributed by atoms with Crippen molar-refractivity contribution in [2.75, 3.05) is 32.1 Å². The first-order chi connectivity index (χ1) is 10.1. The quantitative estimate of drug-likeness (QED) is 0.746. The van der Waals surface area contributed by atoms with Crippen LogP contribution in [0.25, 0.3) is 0 Å². The maximum atomic E-state index is 13.4. The highest BCUT2D eigenvalue weighted by Crippen LogP contribution is 2.12. The molecule has 1 aromatic rings. The third-order valence-corrected chi connectivity index (χ3v) is 3.11. The van der Waals surface area contributed by atoms with Crippen molar-refractivity contribution in [3.8, 4) is 0 Å². The molecule has 0 heterocycles. The van der Waals surface area contributed by atoms with Gasteiger partial charge in [0, 0.05) is 19.5 Å². The molecule has 0 bridgehead atoms. The van der Waals surface area contributed by atoms with E-state index < -0.39 is 5.82 Å². The summed E-state index contributed by atoms with van der Waals surface area (Å²) < 4.78 is 18.0. The highest BCUT2D eigenvalue weighted by molar-refractivity contribution is 5.90. The predicted octanol–water partition coefficient (Wildman–Crippen LogP) is 2.04. The number of halogens is 1. The fourth-order valence-electron chi connectivity index (χ4n) is 1.81. The van der Waals surface area contributed by atoms with Crippen LogP contribution >= 0.6 is 0 Å². The fourth-order valence-corrected chi connectivity index (χ4v) is 1.81. The molecule has 6 heteroatoms. The third-order valence-electron chi connectivity index (χ3n) is 3.11. The number of benzene rings is 1. The SMILES string of the molecule is CCN(CCC(=O)Nc1ccccc1F)CCC(=O)OC. The molecule has 0 aliphatic rings. The van der Waals surface area contributed by atoms with Crippen LogP contribution in [0.2, 0.25) is 0 Å². The molecule has 0 radical (unpaired) electrons. The van der Waals surface area contributed by atoms with Crippen molar-refractivity contribution in [2.24, 2.45) is 0 Å². The first-order valence-corrected chi connectivity index (χ1v) is 6.90. The number of para-hydroxylation sites is 1. The maximum Gasteiger partial charge on any atom is 0.306 e. The number of anilines is 1. The number of carbonyl (C=O) groups is 2. The van der Waals surface area contributed by atoms with Crippen LogP contribution in [0.3, 0.4) is 0 Å². The van der Waals surface area contributed by atoms with Crippen molar-refractivity contribution >= 4 is 17.6 Å². The molecule has 0 saturated heterocycles. The molecule has 1 rings (SSSR count). The summed E-state index contributed by atoms with van der Waals surface area (Å²) in [7, 11) is 1.35. The van der Waals surface area contributed by atoms with E-state index in [-0.39, 0.29) is 24.0 Å². The van der Waals surface area contributed by atoms with E-state index in [1.54, 1.807) is 12.1 Å². The molecule has 0 fully saturated rings. The molecule has 1 amide bonds. The van der Waals surface area contributed by atoms with Gasteiger partial charge in [0.15, 0.2) is 0 Å². The van der Waals surface area contributed by atoms with Gasteiger partial charge in [-0.15, -0.1) is 0 Å². The molecule has 0 saturated carbocycles. The molecule has 116 valence electrons. The largest absolute Gasteiger partial charge is 0.469 e. The van der Waals surface area contributed by atoms with E-state index in [1.807, 2.05) is 11.8 Å². The Labute approximate surface area is 124 Å². The van der Waals surface area contributed by atoms with Gasteiger partial charge in [0.2, 0.25) is 5.91 Å². The van der Waals surface area contributed by atoms with E-state index in [2.05, 4.69) is 10.1 Å². The Kier molecular flexibility index (Phi) is 7.39. The molecule has 0 spiro atoms. The average Bonchev–Trinajstić information content (AvgIpc) is 2.49.